The number of hydrogen-bond donors (Lipinski definition) is 0. The highest BCUT2D eigenvalue weighted by Gasteiger charge is 2.12. The van der Waals surface area contributed by atoms with Crippen molar-refractivity contribution in [2.45, 2.75) is 0 Å². The summed E-state index contributed by atoms with van der Waals surface area (Å²) in [5.74, 6) is 0.843. The summed E-state index contributed by atoms with van der Waals surface area (Å²) in [4.78, 5) is 8.83. The first-order valence-electron chi connectivity index (χ1n) is 6.45. The zero-order valence-electron chi connectivity index (χ0n) is 10.7. The lowest BCUT2D eigenvalue weighted by atomic mass is 10.3. The maximum absolute atomic E-state index is 4.72. The molecule has 0 atom stereocenters. The predicted molar refractivity (Wildman–Crippen MR) is 78.2 cm³/mol. The first-order valence-corrected chi connectivity index (χ1v) is 6.45. The second-order valence-electron chi connectivity index (χ2n) is 4.54. The molecule has 0 amide bonds. The van der Waals surface area contributed by atoms with Gasteiger partial charge in [-0.1, -0.05) is 30.3 Å². The van der Waals surface area contributed by atoms with E-state index in [0.29, 0.717) is 0 Å². The number of nitrogens with zero attached hydrogens (tertiary/aromatic N) is 4. The van der Waals surface area contributed by atoms with Crippen molar-refractivity contribution in [1.82, 2.24) is 19.1 Å². The van der Waals surface area contributed by atoms with Crippen LogP contribution in [0, 0.1) is 0 Å². The molecule has 4 aromatic rings. The van der Waals surface area contributed by atoms with Crippen molar-refractivity contribution in [2.24, 2.45) is 0 Å². The zero-order chi connectivity index (χ0) is 13.4. The van der Waals surface area contributed by atoms with Crippen LogP contribution in [0.1, 0.15) is 0 Å². The third kappa shape index (κ3) is 1.62. The molecule has 2 heterocycles. The molecule has 4 heteroatoms. The summed E-state index contributed by atoms with van der Waals surface area (Å²) in [5.41, 5.74) is 3.15. The van der Waals surface area contributed by atoms with Crippen LogP contribution in [-0.4, -0.2) is 19.1 Å². The molecule has 0 aliphatic carbocycles. The first-order chi connectivity index (χ1) is 9.93. The monoisotopic (exact) mass is 260 g/mol. The van der Waals surface area contributed by atoms with Crippen LogP contribution in [0.4, 0.5) is 0 Å². The number of benzene rings is 2. The quantitative estimate of drug-likeness (QED) is 0.555. The van der Waals surface area contributed by atoms with Crippen LogP contribution < -0.4 is 0 Å². The Morgan fingerprint density at radius 1 is 0.850 bits per heavy atom. The van der Waals surface area contributed by atoms with Crippen LogP contribution in [-0.2, 0) is 0 Å². The Labute approximate surface area is 116 Å². The average Bonchev–Trinajstić information content (AvgIpc) is 3.15. The van der Waals surface area contributed by atoms with Gasteiger partial charge in [0.15, 0.2) is 0 Å². The minimum Gasteiger partial charge on any atom is -0.278 e. The molecule has 0 saturated heterocycles. The maximum Gasteiger partial charge on any atom is 0.220 e. The molecular formula is C16H12N4. The van der Waals surface area contributed by atoms with Gasteiger partial charge in [-0.2, -0.15) is 0 Å². The first kappa shape index (κ1) is 11.0. The molecule has 20 heavy (non-hydrogen) atoms. The number of imidazole rings is 2. The van der Waals surface area contributed by atoms with Gasteiger partial charge in [-0.05, 0) is 24.3 Å². The Morgan fingerprint density at radius 2 is 1.65 bits per heavy atom. The summed E-state index contributed by atoms with van der Waals surface area (Å²) >= 11 is 0. The van der Waals surface area contributed by atoms with Gasteiger partial charge in [0.1, 0.15) is 6.33 Å². The van der Waals surface area contributed by atoms with E-state index >= 15 is 0 Å². The van der Waals surface area contributed by atoms with Gasteiger partial charge in [-0.25, -0.2) is 9.97 Å². The van der Waals surface area contributed by atoms with Gasteiger partial charge in [0.05, 0.1) is 11.0 Å². The van der Waals surface area contributed by atoms with Gasteiger partial charge in [-0.15, -0.1) is 0 Å². The Hall–Kier alpha value is -2.88. The third-order valence-corrected chi connectivity index (χ3v) is 3.29. The molecule has 0 spiro atoms. The van der Waals surface area contributed by atoms with Crippen molar-refractivity contribution >= 4 is 11.0 Å². The summed E-state index contributed by atoms with van der Waals surface area (Å²) in [5, 5.41) is 0. The van der Waals surface area contributed by atoms with Crippen LogP contribution in [0.25, 0.3) is 22.7 Å². The Morgan fingerprint density at radius 3 is 2.45 bits per heavy atom. The maximum atomic E-state index is 4.72. The van der Waals surface area contributed by atoms with E-state index < -0.39 is 0 Å². The summed E-state index contributed by atoms with van der Waals surface area (Å²) in [6, 6.07) is 18.4. The summed E-state index contributed by atoms with van der Waals surface area (Å²) in [6.07, 6.45) is 5.43. The minimum atomic E-state index is 0.843. The van der Waals surface area contributed by atoms with E-state index in [1.54, 1.807) is 12.5 Å². The number of aromatic nitrogens is 4. The molecular weight excluding hydrogens is 248 g/mol. The molecule has 0 N–H and O–H groups in total. The largest absolute Gasteiger partial charge is 0.278 e. The summed E-state index contributed by atoms with van der Waals surface area (Å²) in [7, 11) is 0. The Balaban J connectivity index is 2.09. The molecule has 0 fully saturated rings. The second kappa shape index (κ2) is 4.35. The zero-order valence-corrected chi connectivity index (χ0v) is 10.7. The van der Waals surface area contributed by atoms with Crippen LogP contribution >= 0.6 is 0 Å². The van der Waals surface area contributed by atoms with E-state index in [1.807, 2.05) is 47.2 Å². The van der Waals surface area contributed by atoms with E-state index in [0.717, 1.165) is 22.7 Å². The number of rotatable bonds is 2. The molecule has 2 aromatic carbocycles. The van der Waals surface area contributed by atoms with E-state index in [1.165, 1.54) is 0 Å². The van der Waals surface area contributed by atoms with Crippen molar-refractivity contribution in [3.63, 3.8) is 0 Å². The lowest BCUT2D eigenvalue weighted by molar-refractivity contribution is 0.902. The highest BCUT2D eigenvalue weighted by Crippen LogP contribution is 2.23. The molecule has 0 aliphatic heterocycles. The van der Waals surface area contributed by atoms with Crippen LogP contribution in [0.15, 0.2) is 73.3 Å². The lowest BCUT2D eigenvalue weighted by Crippen LogP contribution is -2.03. The molecule has 0 bridgehead atoms. The van der Waals surface area contributed by atoms with Crippen molar-refractivity contribution in [3.8, 4) is 11.6 Å². The number of fused-ring (bicyclic) bond motifs is 1. The fraction of sp³-hybridized carbons (Fsp3) is 0. The highest BCUT2D eigenvalue weighted by molar-refractivity contribution is 5.79. The fourth-order valence-electron chi connectivity index (χ4n) is 2.40. The molecule has 4 nitrogen and oxygen atoms in total. The SMILES string of the molecule is c1ccc(-n2c(-n3ccnc3)nc3ccccc32)cc1. The molecule has 0 aliphatic rings. The smallest absolute Gasteiger partial charge is 0.220 e. The Bertz CT molecular complexity index is 845. The molecule has 96 valence electrons. The Kier molecular flexibility index (Phi) is 2.39. The molecule has 0 unspecified atom stereocenters. The van der Waals surface area contributed by atoms with Crippen molar-refractivity contribution in [2.75, 3.05) is 0 Å². The van der Waals surface area contributed by atoms with Gasteiger partial charge in [-0.3, -0.25) is 9.13 Å². The number of hydrogen-bond acceptors (Lipinski definition) is 2. The van der Waals surface area contributed by atoms with Crippen molar-refractivity contribution < 1.29 is 0 Å². The van der Waals surface area contributed by atoms with Gasteiger partial charge < -0.3 is 0 Å². The summed E-state index contributed by atoms with van der Waals surface area (Å²) < 4.78 is 4.06. The van der Waals surface area contributed by atoms with Gasteiger partial charge in [0.25, 0.3) is 0 Å². The summed E-state index contributed by atoms with van der Waals surface area (Å²) in [6.45, 7) is 0. The predicted octanol–water partition coefficient (Wildman–Crippen LogP) is 3.21. The second-order valence-corrected chi connectivity index (χ2v) is 4.54. The van der Waals surface area contributed by atoms with Crippen LogP contribution in [0.5, 0.6) is 0 Å². The van der Waals surface area contributed by atoms with E-state index in [4.69, 9.17) is 4.98 Å². The van der Waals surface area contributed by atoms with Crippen molar-refractivity contribution in [3.05, 3.63) is 73.3 Å². The molecule has 0 saturated carbocycles. The standard InChI is InChI=1S/C16H12N4/c1-2-6-13(7-3-1)20-15-9-5-4-8-14(15)18-16(20)19-11-10-17-12-19/h1-12H. The van der Waals surface area contributed by atoms with E-state index in [9.17, 15) is 0 Å². The van der Waals surface area contributed by atoms with E-state index in [-0.39, 0.29) is 0 Å². The van der Waals surface area contributed by atoms with Gasteiger partial charge in [0, 0.05) is 18.1 Å². The van der Waals surface area contributed by atoms with E-state index in [2.05, 4.69) is 27.8 Å². The van der Waals surface area contributed by atoms with Gasteiger partial charge in [0.2, 0.25) is 5.95 Å². The third-order valence-electron chi connectivity index (χ3n) is 3.29. The number of para-hydroxylation sites is 3. The van der Waals surface area contributed by atoms with Gasteiger partial charge >= 0.3 is 0 Å². The molecule has 2 aromatic heterocycles. The highest BCUT2D eigenvalue weighted by atomic mass is 15.3. The van der Waals surface area contributed by atoms with Crippen LogP contribution in [0.2, 0.25) is 0 Å². The minimum absolute atomic E-state index is 0.843. The fourth-order valence-corrected chi connectivity index (χ4v) is 2.40. The average molecular weight is 260 g/mol. The topological polar surface area (TPSA) is 35.6 Å². The van der Waals surface area contributed by atoms with Crippen molar-refractivity contribution in [1.29, 1.82) is 0 Å². The van der Waals surface area contributed by atoms with Crippen LogP contribution in [0.3, 0.4) is 0 Å². The molecule has 0 radical (unpaired) electrons. The normalized spacial score (nSPS) is 11.0. The molecule has 4 rings (SSSR count). The lowest BCUT2D eigenvalue weighted by Gasteiger charge is -2.09.